The average molecular weight is 379 g/mol. The summed E-state index contributed by atoms with van der Waals surface area (Å²) in [6.07, 6.45) is 1.60. The smallest absolute Gasteiger partial charge is 0.149 e. The molecule has 138 valence electrons. The molecule has 0 aliphatic carbocycles. The van der Waals surface area contributed by atoms with Gasteiger partial charge >= 0.3 is 0 Å². The lowest BCUT2D eigenvalue weighted by atomic mass is 9.95. The molecular formula is C20H22N6S. The number of nitrogens with one attached hydrogen (secondary N) is 1. The molecule has 4 rings (SSSR count). The van der Waals surface area contributed by atoms with E-state index in [1.807, 2.05) is 20.8 Å². The molecule has 0 atom stereocenters. The highest BCUT2D eigenvalue weighted by Crippen LogP contribution is 2.36. The minimum atomic E-state index is -0.334. The van der Waals surface area contributed by atoms with Gasteiger partial charge in [-0.1, -0.05) is 24.3 Å². The first-order chi connectivity index (χ1) is 12.8. The van der Waals surface area contributed by atoms with Crippen molar-refractivity contribution in [3.8, 4) is 0 Å². The summed E-state index contributed by atoms with van der Waals surface area (Å²) in [5.74, 6) is 0.822. The van der Waals surface area contributed by atoms with E-state index in [9.17, 15) is 0 Å². The van der Waals surface area contributed by atoms with Gasteiger partial charge in [-0.15, -0.1) is 16.4 Å². The molecule has 0 aliphatic heterocycles. The fraction of sp³-hybridized carbons (Fsp3) is 0.300. The van der Waals surface area contributed by atoms with Gasteiger partial charge in [-0.25, -0.2) is 9.97 Å². The SMILES string of the molecule is Cc1nnc2sc3c(NCc4ccc(C(C)(C)N)cc4)ncnc3c2c1C. The molecule has 0 spiro atoms. The molecule has 1 aromatic carbocycles. The second-order valence-electron chi connectivity index (χ2n) is 7.36. The molecule has 0 saturated heterocycles. The maximum absolute atomic E-state index is 6.15. The number of aromatic nitrogens is 4. The van der Waals surface area contributed by atoms with Gasteiger partial charge in [-0.05, 0) is 44.4 Å². The van der Waals surface area contributed by atoms with Crippen LogP contribution in [0.3, 0.4) is 0 Å². The number of nitrogens with two attached hydrogens (primary N) is 1. The summed E-state index contributed by atoms with van der Waals surface area (Å²) in [7, 11) is 0. The van der Waals surface area contributed by atoms with Crippen molar-refractivity contribution in [1.29, 1.82) is 0 Å². The summed E-state index contributed by atoms with van der Waals surface area (Å²) in [6, 6.07) is 8.35. The van der Waals surface area contributed by atoms with Crippen molar-refractivity contribution in [2.75, 3.05) is 5.32 Å². The van der Waals surface area contributed by atoms with Crippen LogP contribution in [0.15, 0.2) is 30.6 Å². The first-order valence-corrected chi connectivity index (χ1v) is 9.65. The number of fused-ring (bicyclic) bond motifs is 3. The zero-order valence-corrected chi connectivity index (χ0v) is 16.7. The summed E-state index contributed by atoms with van der Waals surface area (Å²) in [5, 5.41) is 13.1. The molecule has 0 saturated carbocycles. The third kappa shape index (κ3) is 3.24. The monoisotopic (exact) mass is 378 g/mol. The summed E-state index contributed by atoms with van der Waals surface area (Å²) in [4.78, 5) is 9.84. The second kappa shape index (κ2) is 6.51. The van der Waals surface area contributed by atoms with Gasteiger partial charge in [0.05, 0.1) is 15.9 Å². The van der Waals surface area contributed by atoms with Gasteiger partial charge in [0.2, 0.25) is 0 Å². The van der Waals surface area contributed by atoms with E-state index in [2.05, 4.69) is 56.7 Å². The van der Waals surface area contributed by atoms with Crippen molar-refractivity contribution in [2.24, 2.45) is 5.73 Å². The molecule has 3 aromatic heterocycles. The fourth-order valence-electron chi connectivity index (χ4n) is 3.05. The van der Waals surface area contributed by atoms with Crippen LogP contribution in [0.4, 0.5) is 5.82 Å². The number of anilines is 1. The highest BCUT2D eigenvalue weighted by molar-refractivity contribution is 7.25. The highest BCUT2D eigenvalue weighted by atomic mass is 32.1. The Morgan fingerprint density at radius 2 is 1.81 bits per heavy atom. The van der Waals surface area contributed by atoms with Crippen LogP contribution in [-0.2, 0) is 12.1 Å². The zero-order chi connectivity index (χ0) is 19.2. The first kappa shape index (κ1) is 17.8. The van der Waals surface area contributed by atoms with E-state index < -0.39 is 0 Å². The molecule has 6 nitrogen and oxygen atoms in total. The van der Waals surface area contributed by atoms with Crippen molar-refractivity contribution in [3.63, 3.8) is 0 Å². The topological polar surface area (TPSA) is 89.6 Å². The normalized spacial score (nSPS) is 12.0. The van der Waals surface area contributed by atoms with Crippen LogP contribution in [0.2, 0.25) is 0 Å². The Bertz CT molecular complexity index is 1130. The Balaban J connectivity index is 1.66. The van der Waals surface area contributed by atoms with Gasteiger partial charge < -0.3 is 11.1 Å². The third-order valence-electron chi connectivity index (χ3n) is 4.82. The molecule has 27 heavy (non-hydrogen) atoms. The number of nitrogens with zero attached hydrogens (tertiary/aromatic N) is 4. The lowest BCUT2D eigenvalue weighted by Gasteiger charge is -2.19. The number of aryl methyl sites for hydroxylation is 2. The molecule has 4 aromatic rings. The van der Waals surface area contributed by atoms with Crippen molar-refractivity contribution >= 4 is 37.6 Å². The highest BCUT2D eigenvalue weighted by Gasteiger charge is 2.16. The summed E-state index contributed by atoms with van der Waals surface area (Å²) in [6.45, 7) is 8.72. The minimum Gasteiger partial charge on any atom is -0.365 e. The largest absolute Gasteiger partial charge is 0.365 e. The Hall–Kier alpha value is -2.64. The number of rotatable bonds is 4. The van der Waals surface area contributed by atoms with Crippen molar-refractivity contribution < 1.29 is 0 Å². The van der Waals surface area contributed by atoms with Crippen LogP contribution in [-0.4, -0.2) is 20.2 Å². The molecule has 0 aliphatic rings. The Labute approximate surface area is 161 Å². The fourth-order valence-corrected chi connectivity index (χ4v) is 4.15. The van der Waals surface area contributed by atoms with E-state index in [4.69, 9.17) is 5.73 Å². The van der Waals surface area contributed by atoms with E-state index in [0.29, 0.717) is 6.54 Å². The van der Waals surface area contributed by atoms with Crippen LogP contribution in [0.5, 0.6) is 0 Å². The average Bonchev–Trinajstić information content (AvgIpc) is 3.02. The van der Waals surface area contributed by atoms with Gasteiger partial charge in [0.15, 0.2) is 0 Å². The van der Waals surface area contributed by atoms with E-state index in [1.54, 1.807) is 17.7 Å². The molecule has 0 bridgehead atoms. The van der Waals surface area contributed by atoms with Gasteiger partial charge in [0.1, 0.15) is 17.0 Å². The maximum atomic E-state index is 6.15. The maximum Gasteiger partial charge on any atom is 0.149 e. The predicted octanol–water partition coefficient (Wildman–Crippen LogP) is 4.06. The molecular weight excluding hydrogens is 356 g/mol. The first-order valence-electron chi connectivity index (χ1n) is 8.84. The number of benzene rings is 1. The standard InChI is InChI=1S/C20H22N6S/c1-11-12(2)25-26-19-15(11)16-17(27-19)18(24-10-23-16)22-9-13-5-7-14(8-6-13)20(3,4)21/h5-8,10H,9,21H2,1-4H3,(H,22,23,24). The van der Waals surface area contributed by atoms with Crippen LogP contribution in [0, 0.1) is 13.8 Å². The summed E-state index contributed by atoms with van der Waals surface area (Å²) in [5.41, 5.74) is 11.1. The number of thiophene rings is 1. The Morgan fingerprint density at radius 1 is 1.07 bits per heavy atom. The van der Waals surface area contributed by atoms with Gasteiger partial charge in [-0.3, -0.25) is 0 Å². The molecule has 3 heterocycles. The predicted molar refractivity (Wildman–Crippen MR) is 111 cm³/mol. The van der Waals surface area contributed by atoms with Crippen molar-refractivity contribution in [3.05, 3.63) is 53.0 Å². The van der Waals surface area contributed by atoms with Crippen LogP contribution < -0.4 is 11.1 Å². The Morgan fingerprint density at radius 3 is 2.52 bits per heavy atom. The third-order valence-corrected chi connectivity index (χ3v) is 5.89. The molecule has 0 radical (unpaired) electrons. The quantitative estimate of drug-likeness (QED) is 0.557. The summed E-state index contributed by atoms with van der Waals surface area (Å²) < 4.78 is 1.01. The van der Waals surface area contributed by atoms with Crippen LogP contribution >= 0.6 is 11.3 Å². The molecule has 3 N–H and O–H groups in total. The van der Waals surface area contributed by atoms with E-state index in [1.165, 1.54) is 5.56 Å². The molecule has 0 fully saturated rings. The van der Waals surface area contributed by atoms with Gasteiger partial charge in [0, 0.05) is 17.5 Å². The summed E-state index contributed by atoms with van der Waals surface area (Å²) >= 11 is 1.57. The van der Waals surface area contributed by atoms with Crippen molar-refractivity contribution in [2.45, 2.75) is 39.8 Å². The van der Waals surface area contributed by atoms with Crippen LogP contribution in [0.25, 0.3) is 20.4 Å². The van der Waals surface area contributed by atoms with E-state index >= 15 is 0 Å². The lowest BCUT2D eigenvalue weighted by molar-refractivity contribution is 0.554. The minimum absolute atomic E-state index is 0.334. The van der Waals surface area contributed by atoms with Gasteiger partial charge in [0.25, 0.3) is 0 Å². The van der Waals surface area contributed by atoms with Crippen LogP contribution in [0.1, 0.15) is 36.2 Å². The lowest BCUT2D eigenvalue weighted by Crippen LogP contribution is -2.28. The van der Waals surface area contributed by atoms with E-state index in [0.717, 1.165) is 43.1 Å². The van der Waals surface area contributed by atoms with E-state index in [-0.39, 0.29) is 5.54 Å². The number of hydrogen-bond donors (Lipinski definition) is 2. The second-order valence-corrected chi connectivity index (χ2v) is 8.36. The molecule has 7 heteroatoms. The molecule has 0 unspecified atom stereocenters. The van der Waals surface area contributed by atoms with Crippen molar-refractivity contribution in [1.82, 2.24) is 20.2 Å². The Kier molecular flexibility index (Phi) is 4.28. The zero-order valence-electron chi connectivity index (χ0n) is 15.9. The van der Waals surface area contributed by atoms with Gasteiger partial charge in [-0.2, -0.15) is 5.10 Å². The molecule has 0 amide bonds. The number of hydrogen-bond acceptors (Lipinski definition) is 7.